The summed E-state index contributed by atoms with van der Waals surface area (Å²) in [7, 11) is 0. The van der Waals surface area contributed by atoms with Crippen molar-refractivity contribution in [3.05, 3.63) is 34.7 Å². The minimum absolute atomic E-state index is 0.0199. The lowest BCUT2D eigenvalue weighted by molar-refractivity contribution is -0.386. The first-order valence-electron chi connectivity index (χ1n) is 3.60. The average molecular weight is 410 g/mol. The molecule has 0 bridgehead atoms. The van der Waals surface area contributed by atoms with Crippen molar-refractivity contribution < 1.29 is 4.92 Å². The molecule has 0 heterocycles. The molecule has 0 aromatic heterocycles. The summed E-state index contributed by atoms with van der Waals surface area (Å²) in [5.41, 5.74) is -0.297. The van der Waals surface area contributed by atoms with Gasteiger partial charge in [0.15, 0.2) is 0 Å². The molecule has 8 heteroatoms. The highest BCUT2D eigenvalue weighted by Gasteiger charge is 2.27. The third-order valence-corrected chi connectivity index (χ3v) is 4.04. The van der Waals surface area contributed by atoms with E-state index >= 15 is 0 Å². The molecule has 0 spiro atoms. The van der Waals surface area contributed by atoms with Crippen LogP contribution in [0.15, 0.2) is 13.4 Å². The van der Waals surface area contributed by atoms with Gasteiger partial charge in [-0.2, -0.15) is 10.5 Å². The molecule has 1 rings (SSSR count). The van der Waals surface area contributed by atoms with Crippen LogP contribution in [0.5, 0.6) is 0 Å². The summed E-state index contributed by atoms with van der Waals surface area (Å²) in [5, 5.41) is 28.5. The lowest BCUT2D eigenvalue weighted by Crippen LogP contribution is -1.97. The van der Waals surface area contributed by atoms with E-state index in [1.165, 1.54) is 0 Å². The predicted octanol–water partition coefficient (Wildman–Crippen LogP) is 3.63. The number of halogens is 3. The number of nitrogens with zero attached hydrogens (tertiary/aromatic N) is 3. The van der Waals surface area contributed by atoms with Crippen molar-refractivity contribution in [2.75, 3.05) is 0 Å². The van der Waals surface area contributed by atoms with Crippen LogP contribution >= 0.6 is 47.8 Å². The smallest absolute Gasteiger partial charge is 0.258 e. The fourth-order valence-corrected chi connectivity index (χ4v) is 3.64. The van der Waals surface area contributed by atoms with Crippen molar-refractivity contribution in [2.24, 2.45) is 0 Å². The minimum atomic E-state index is -0.664. The highest BCUT2D eigenvalue weighted by Crippen LogP contribution is 2.42. The number of nitro groups is 1. The highest BCUT2D eigenvalue weighted by molar-refractivity contribution is 9.11. The van der Waals surface area contributed by atoms with Gasteiger partial charge in [0.25, 0.3) is 5.69 Å². The van der Waals surface area contributed by atoms with Gasteiger partial charge in [0.2, 0.25) is 0 Å². The molecule has 0 unspecified atom stereocenters. The van der Waals surface area contributed by atoms with Crippen LogP contribution in [0.4, 0.5) is 5.69 Å². The molecule has 0 aliphatic rings. The first kappa shape index (κ1) is 13.1. The molecule has 0 N–H and O–H groups in total. The van der Waals surface area contributed by atoms with E-state index in [1.54, 1.807) is 12.1 Å². The van der Waals surface area contributed by atoms with Gasteiger partial charge in [0.1, 0.15) is 21.1 Å². The monoisotopic (exact) mass is 407 g/mol. The Morgan fingerprint density at radius 1 is 1.00 bits per heavy atom. The van der Waals surface area contributed by atoms with Gasteiger partial charge in [-0.15, -0.1) is 0 Å². The zero-order chi connectivity index (χ0) is 12.5. The van der Waals surface area contributed by atoms with Crippen LogP contribution in [0.1, 0.15) is 11.1 Å². The third-order valence-electron chi connectivity index (χ3n) is 1.70. The molecular formula is C8Br3N3O2. The van der Waals surface area contributed by atoms with Gasteiger partial charge in [-0.05, 0) is 47.8 Å². The largest absolute Gasteiger partial charge is 0.300 e. The quantitative estimate of drug-likeness (QED) is 0.523. The molecule has 80 valence electrons. The van der Waals surface area contributed by atoms with E-state index in [0.29, 0.717) is 0 Å². The molecule has 16 heavy (non-hydrogen) atoms. The van der Waals surface area contributed by atoms with Crippen LogP contribution in [0.25, 0.3) is 0 Å². The second-order valence-electron chi connectivity index (χ2n) is 2.52. The first-order chi connectivity index (χ1) is 7.45. The molecule has 0 radical (unpaired) electrons. The molecule has 1 aromatic carbocycles. The molecule has 0 aliphatic carbocycles. The van der Waals surface area contributed by atoms with E-state index in [2.05, 4.69) is 47.8 Å². The zero-order valence-electron chi connectivity index (χ0n) is 7.29. The molecule has 1 aromatic rings. The van der Waals surface area contributed by atoms with E-state index < -0.39 is 4.92 Å². The van der Waals surface area contributed by atoms with Crippen LogP contribution in [0, 0.1) is 32.8 Å². The number of benzene rings is 1. The van der Waals surface area contributed by atoms with Crippen molar-refractivity contribution in [1.29, 1.82) is 10.5 Å². The fraction of sp³-hybridized carbons (Fsp3) is 0. The maximum atomic E-state index is 10.8. The van der Waals surface area contributed by atoms with Crippen LogP contribution in [0.3, 0.4) is 0 Å². The molecule has 0 saturated heterocycles. The minimum Gasteiger partial charge on any atom is -0.258 e. The number of nitriles is 2. The Balaban J connectivity index is 3.88. The zero-order valence-corrected chi connectivity index (χ0v) is 12.1. The molecule has 0 atom stereocenters. The summed E-state index contributed by atoms with van der Waals surface area (Å²) < 4.78 is 0.303. The van der Waals surface area contributed by atoms with Crippen molar-refractivity contribution in [3.8, 4) is 12.1 Å². The second-order valence-corrected chi connectivity index (χ2v) is 4.90. The van der Waals surface area contributed by atoms with Crippen LogP contribution < -0.4 is 0 Å². The number of nitro benzene ring substituents is 1. The first-order valence-corrected chi connectivity index (χ1v) is 5.98. The average Bonchev–Trinajstić information content (AvgIpc) is 2.18. The summed E-state index contributed by atoms with van der Waals surface area (Å²) in [4.78, 5) is 10.1. The molecule has 0 fully saturated rings. The van der Waals surface area contributed by atoms with Crippen molar-refractivity contribution >= 4 is 53.5 Å². The molecule has 5 nitrogen and oxygen atoms in total. The standard InChI is InChI=1S/C8Br3N3O2/c9-5-3(1-12)6(10)8(14(15)16)7(11)4(5)2-13. The Labute approximate surface area is 115 Å². The van der Waals surface area contributed by atoms with Gasteiger partial charge >= 0.3 is 0 Å². The Bertz CT molecular complexity index is 530. The van der Waals surface area contributed by atoms with Crippen molar-refractivity contribution in [3.63, 3.8) is 0 Å². The van der Waals surface area contributed by atoms with Gasteiger partial charge in [-0.1, -0.05) is 0 Å². The van der Waals surface area contributed by atoms with Crippen molar-refractivity contribution in [1.82, 2.24) is 0 Å². The van der Waals surface area contributed by atoms with Gasteiger partial charge in [-0.25, -0.2) is 0 Å². The lowest BCUT2D eigenvalue weighted by atomic mass is 10.1. The predicted molar refractivity (Wildman–Crippen MR) is 65.6 cm³/mol. The van der Waals surface area contributed by atoms with E-state index in [4.69, 9.17) is 10.5 Å². The third kappa shape index (κ3) is 1.96. The summed E-state index contributed by atoms with van der Waals surface area (Å²) >= 11 is 9.01. The van der Waals surface area contributed by atoms with Gasteiger partial charge < -0.3 is 0 Å². The maximum Gasteiger partial charge on any atom is 0.300 e. The van der Waals surface area contributed by atoms with Gasteiger partial charge in [-0.3, -0.25) is 10.1 Å². The fourth-order valence-electron chi connectivity index (χ4n) is 1.01. The highest BCUT2D eigenvalue weighted by atomic mass is 79.9. The van der Waals surface area contributed by atoms with Gasteiger partial charge in [0.05, 0.1) is 20.5 Å². The van der Waals surface area contributed by atoms with Gasteiger partial charge in [0, 0.05) is 0 Å². The Hall–Kier alpha value is -0.960. The van der Waals surface area contributed by atoms with Crippen LogP contribution in [0.2, 0.25) is 0 Å². The summed E-state index contributed by atoms with van der Waals surface area (Å²) in [6, 6.07) is 3.58. The van der Waals surface area contributed by atoms with E-state index in [-0.39, 0.29) is 30.2 Å². The number of hydrogen-bond donors (Lipinski definition) is 0. The van der Waals surface area contributed by atoms with Crippen LogP contribution in [-0.4, -0.2) is 4.92 Å². The Morgan fingerprint density at radius 2 is 1.38 bits per heavy atom. The molecule has 0 amide bonds. The molecular weight excluding hydrogens is 410 g/mol. The van der Waals surface area contributed by atoms with Crippen LogP contribution in [-0.2, 0) is 0 Å². The maximum absolute atomic E-state index is 10.8. The van der Waals surface area contributed by atoms with E-state index in [9.17, 15) is 10.1 Å². The van der Waals surface area contributed by atoms with Crippen molar-refractivity contribution in [2.45, 2.75) is 0 Å². The Kier molecular flexibility index (Phi) is 4.03. The summed E-state index contributed by atoms with van der Waals surface area (Å²) in [6.07, 6.45) is 0. The number of hydrogen-bond acceptors (Lipinski definition) is 4. The lowest BCUT2D eigenvalue weighted by Gasteiger charge is -2.05. The van der Waals surface area contributed by atoms with E-state index in [1.807, 2.05) is 0 Å². The molecule has 0 aliphatic heterocycles. The summed E-state index contributed by atoms with van der Waals surface area (Å²) in [6.45, 7) is 0. The normalized spacial score (nSPS) is 9.31. The Morgan fingerprint density at radius 3 is 1.62 bits per heavy atom. The topological polar surface area (TPSA) is 90.7 Å². The second kappa shape index (κ2) is 4.91. The number of rotatable bonds is 1. The molecule has 0 saturated carbocycles. The SMILES string of the molecule is N#Cc1c(Br)c(C#N)c(Br)c([N+](=O)[O-])c1Br. The summed E-state index contributed by atoms with van der Waals surface area (Å²) in [5.74, 6) is 0. The van der Waals surface area contributed by atoms with E-state index in [0.717, 1.165) is 0 Å².